The topological polar surface area (TPSA) is 82.5 Å². The van der Waals surface area contributed by atoms with Gasteiger partial charge < -0.3 is 10.5 Å². The molecule has 6 nitrogen and oxygen atoms in total. The normalized spacial score (nSPS) is 10.5. The third kappa shape index (κ3) is 2.11. The fraction of sp³-hybridized carbons (Fsp3) is 0. The van der Waals surface area contributed by atoms with Gasteiger partial charge in [-0.2, -0.15) is 5.10 Å². The van der Waals surface area contributed by atoms with Crippen LogP contribution in [0.5, 0.6) is 5.88 Å². The van der Waals surface area contributed by atoms with Gasteiger partial charge in [0.15, 0.2) is 0 Å². The minimum Gasteiger partial charge on any atom is -0.391 e. The molecule has 3 rings (SSSR count). The second-order valence-electron chi connectivity index (χ2n) is 3.87. The molecule has 1 amide bonds. The number of pyridine rings is 2. The van der Waals surface area contributed by atoms with E-state index in [0.29, 0.717) is 5.69 Å². The van der Waals surface area contributed by atoms with E-state index in [2.05, 4.69) is 10.1 Å². The Bertz CT molecular complexity index is 751. The second kappa shape index (κ2) is 4.41. The highest BCUT2D eigenvalue weighted by atomic mass is 16.6. The van der Waals surface area contributed by atoms with Crippen molar-refractivity contribution in [3.05, 3.63) is 48.8 Å². The average Bonchev–Trinajstić information content (AvgIpc) is 2.82. The number of hydrogen-bond donors (Lipinski definition) is 1. The van der Waals surface area contributed by atoms with E-state index in [1.54, 1.807) is 22.8 Å². The lowest BCUT2D eigenvalue weighted by Crippen LogP contribution is -2.16. The molecule has 2 N–H and O–H groups in total. The molecule has 0 aromatic carbocycles. The van der Waals surface area contributed by atoms with Crippen LogP contribution >= 0.6 is 0 Å². The molecule has 0 aliphatic heterocycles. The molecular weight excluding hydrogens is 244 g/mol. The third-order valence-corrected chi connectivity index (χ3v) is 2.63. The molecule has 0 saturated heterocycles. The lowest BCUT2D eigenvalue weighted by Gasteiger charge is -2.02. The molecule has 0 aliphatic carbocycles. The number of carbonyl (C=O) groups excluding carboxylic acids is 1. The first kappa shape index (κ1) is 11.2. The van der Waals surface area contributed by atoms with Crippen molar-refractivity contribution in [1.82, 2.24) is 14.6 Å². The summed E-state index contributed by atoms with van der Waals surface area (Å²) < 4.78 is 6.51. The number of amides is 1. The zero-order valence-electron chi connectivity index (χ0n) is 9.85. The van der Waals surface area contributed by atoms with E-state index in [0.717, 1.165) is 11.1 Å². The van der Waals surface area contributed by atoms with E-state index in [-0.39, 0.29) is 5.88 Å². The maximum absolute atomic E-state index is 10.7. The molecule has 0 fully saturated rings. The molecule has 94 valence electrons. The van der Waals surface area contributed by atoms with Crippen LogP contribution in [-0.2, 0) is 0 Å². The summed E-state index contributed by atoms with van der Waals surface area (Å²) in [4.78, 5) is 15.0. The van der Waals surface area contributed by atoms with Crippen LogP contribution in [0.1, 0.15) is 0 Å². The van der Waals surface area contributed by atoms with Crippen molar-refractivity contribution < 1.29 is 9.53 Å². The zero-order valence-corrected chi connectivity index (χ0v) is 9.85. The largest absolute Gasteiger partial charge is 0.411 e. The second-order valence-corrected chi connectivity index (χ2v) is 3.87. The van der Waals surface area contributed by atoms with Crippen molar-refractivity contribution in [3.8, 4) is 17.1 Å². The maximum atomic E-state index is 10.7. The molecule has 3 heterocycles. The maximum Gasteiger partial charge on any atom is 0.411 e. The highest BCUT2D eigenvalue weighted by Gasteiger charge is 2.09. The van der Waals surface area contributed by atoms with Gasteiger partial charge in [-0.05, 0) is 18.2 Å². The van der Waals surface area contributed by atoms with E-state index in [1.165, 1.54) is 0 Å². The first-order valence-corrected chi connectivity index (χ1v) is 5.61. The van der Waals surface area contributed by atoms with E-state index in [9.17, 15) is 4.79 Å². The van der Waals surface area contributed by atoms with Gasteiger partial charge in [-0.25, -0.2) is 14.3 Å². The first-order chi connectivity index (χ1) is 9.24. The number of ether oxygens (including phenoxy) is 1. The smallest absolute Gasteiger partial charge is 0.391 e. The van der Waals surface area contributed by atoms with E-state index >= 15 is 0 Å². The Morgan fingerprint density at radius 3 is 2.95 bits per heavy atom. The Kier molecular flexibility index (Phi) is 2.60. The quantitative estimate of drug-likeness (QED) is 0.756. The van der Waals surface area contributed by atoms with E-state index in [1.807, 2.05) is 30.5 Å². The molecule has 19 heavy (non-hydrogen) atoms. The van der Waals surface area contributed by atoms with Gasteiger partial charge in [-0.3, -0.25) is 0 Å². The van der Waals surface area contributed by atoms with Crippen LogP contribution in [0.3, 0.4) is 0 Å². The Hall–Kier alpha value is -2.89. The van der Waals surface area contributed by atoms with Crippen LogP contribution in [-0.4, -0.2) is 20.7 Å². The van der Waals surface area contributed by atoms with Crippen molar-refractivity contribution in [2.24, 2.45) is 5.73 Å². The molecule has 6 heteroatoms. The van der Waals surface area contributed by atoms with Crippen molar-refractivity contribution >= 4 is 11.6 Å². The number of primary amides is 1. The average molecular weight is 254 g/mol. The standard InChI is InChI=1S/C13H10N4O2/c14-13(18)19-12-6-3-4-10(16-12)9-8-15-17-7-2-1-5-11(9)17/h1-8H,(H2,14,18). The van der Waals surface area contributed by atoms with Crippen LogP contribution in [0.2, 0.25) is 0 Å². The van der Waals surface area contributed by atoms with E-state index < -0.39 is 6.09 Å². The molecule has 0 radical (unpaired) electrons. The van der Waals surface area contributed by atoms with Gasteiger partial charge in [0.05, 0.1) is 17.4 Å². The third-order valence-electron chi connectivity index (χ3n) is 2.63. The summed E-state index contributed by atoms with van der Waals surface area (Å²) in [6.45, 7) is 0. The minimum atomic E-state index is -0.885. The summed E-state index contributed by atoms with van der Waals surface area (Å²) in [6.07, 6.45) is 2.68. The molecule has 0 saturated carbocycles. The molecule has 3 aromatic rings. The summed E-state index contributed by atoms with van der Waals surface area (Å²) >= 11 is 0. The lowest BCUT2D eigenvalue weighted by atomic mass is 10.2. The Morgan fingerprint density at radius 2 is 2.11 bits per heavy atom. The van der Waals surface area contributed by atoms with Gasteiger partial charge in [0.1, 0.15) is 0 Å². The summed E-state index contributed by atoms with van der Waals surface area (Å²) in [7, 11) is 0. The van der Waals surface area contributed by atoms with Gasteiger partial charge in [0.25, 0.3) is 0 Å². The predicted molar refractivity (Wildman–Crippen MR) is 68.6 cm³/mol. The van der Waals surface area contributed by atoms with Crippen LogP contribution in [0.4, 0.5) is 4.79 Å². The summed E-state index contributed by atoms with van der Waals surface area (Å²) in [5.74, 6) is 0.167. The lowest BCUT2D eigenvalue weighted by molar-refractivity contribution is 0.209. The number of hydrogen-bond acceptors (Lipinski definition) is 4. The number of nitrogens with zero attached hydrogens (tertiary/aromatic N) is 3. The number of aromatic nitrogens is 3. The monoisotopic (exact) mass is 254 g/mol. The molecule has 3 aromatic heterocycles. The van der Waals surface area contributed by atoms with Crippen LogP contribution in [0.25, 0.3) is 16.8 Å². The molecular formula is C13H10N4O2. The summed E-state index contributed by atoms with van der Waals surface area (Å²) in [5.41, 5.74) is 7.41. The molecule has 0 spiro atoms. The van der Waals surface area contributed by atoms with Crippen LogP contribution in [0.15, 0.2) is 48.8 Å². The Morgan fingerprint density at radius 1 is 1.21 bits per heavy atom. The number of carbonyl (C=O) groups is 1. The fourth-order valence-corrected chi connectivity index (χ4v) is 1.86. The van der Waals surface area contributed by atoms with Gasteiger partial charge in [0, 0.05) is 17.8 Å². The van der Waals surface area contributed by atoms with Gasteiger partial charge in [-0.1, -0.05) is 12.1 Å². The number of rotatable bonds is 2. The minimum absolute atomic E-state index is 0.167. The van der Waals surface area contributed by atoms with Crippen LogP contribution in [0, 0.1) is 0 Å². The van der Waals surface area contributed by atoms with Crippen LogP contribution < -0.4 is 10.5 Å². The van der Waals surface area contributed by atoms with Crippen molar-refractivity contribution in [2.45, 2.75) is 0 Å². The molecule has 0 atom stereocenters. The summed E-state index contributed by atoms with van der Waals surface area (Å²) in [5, 5.41) is 4.23. The predicted octanol–water partition coefficient (Wildman–Crippen LogP) is 1.85. The molecule has 0 unspecified atom stereocenters. The Labute approximate surface area is 108 Å². The fourth-order valence-electron chi connectivity index (χ4n) is 1.86. The first-order valence-electron chi connectivity index (χ1n) is 5.61. The highest BCUT2D eigenvalue weighted by Crippen LogP contribution is 2.24. The SMILES string of the molecule is NC(=O)Oc1cccc(-c2cnn3ccccc23)n1. The van der Waals surface area contributed by atoms with Crippen molar-refractivity contribution in [2.75, 3.05) is 0 Å². The zero-order chi connectivity index (χ0) is 13.2. The number of nitrogens with two attached hydrogens (primary N) is 1. The molecule has 0 bridgehead atoms. The highest BCUT2D eigenvalue weighted by molar-refractivity contribution is 5.77. The van der Waals surface area contributed by atoms with Crippen molar-refractivity contribution in [1.29, 1.82) is 0 Å². The van der Waals surface area contributed by atoms with Gasteiger partial charge in [-0.15, -0.1) is 0 Å². The van der Waals surface area contributed by atoms with E-state index in [4.69, 9.17) is 10.5 Å². The molecule has 0 aliphatic rings. The van der Waals surface area contributed by atoms with Gasteiger partial charge >= 0.3 is 6.09 Å². The van der Waals surface area contributed by atoms with Crippen molar-refractivity contribution in [3.63, 3.8) is 0 Å². The number of fused-ring (bicyclic) bond motifs is 1. The summed E-state index contributed by atoms with van der Waals surface area (Å²) in [6, 6.07) is 10.9. The van der Waals surface area contributed by atoms with Gasteiger partial charge in [0.2, 0.25) is 5.88 Å². The Balaban J connectivity index is 2.09.